The minimum Gasteiger partial charge on any atom is -0.507 e. The van der Waals surface area contributed by atoms with Crippen LogP contribution in [0.15, 0.2) is 54.1 Å². The zero-order valence-corrected chi connectivity index (χ0v) is 20.9. The van der Waals surface area contributed by atoms with Gasteiger partial charge in [-0.2, -0.15) is 0 Å². The molecule has 0 aliphatic carbocycles. The van der Waals surface area contributed by atoms with Crippen molar-refractivity contribution in [3.8, 4) is 11.5 Å². The van der Waals surface area contributed by atoms with Crippen LogP contribution in [0, 0.1) is 6.92 Å². The van der Waals surface area contributed by atoms with Crippen LogP contribution in [-0.2, 0) is 14.3 Å². The number of carbonyl (C=O) groups is 3. The lowest BCUT2D eigenvalue weighted by Gasteiger charge is -2.24. The summed E-state index contributed by atoms with van der Waals surface area (Å²) in [6.07, 6.45) is 0. The number of anilines is 1. The summed E-state index contributed by atoms with van der Waals surface area (Å²) in [5, 5.41) is 11.4. The van der Waals surface area contributed by atoms with Gasteiger partial charge in [0.15, 0.2) is 5.13 Å². The fourth-order valence-corrected chi connectivity index (χ4v) is 4.98. The van der Waals surface area contributed by atoms with Crippen molar-refractivity contribution in [2.75, 3.05) is 25.7 Å². The molecule has 1 amide bonds. The number of para-hydroxylation sites is 1. The van der Waals surface area contributed by atoms with Crippen LogP contribution in [-0.4, -0.2) is 48.6 Å². The number of aryl methyl sites for hydroxylation is 1. The van der Waals surface area contributed by atoms with Crippen molar-refractivity contribution in [3.05, 3.63) is 75.8 Å². The normalized spacial score (nSPS) is 16.8. The molecule has 1 atom stereocenters. The molecule has 36 heavy (non-hydrogen) atoms. The van der Waals surface area contributed by atoms with Crippen LogP contribution in [0.1, 0.15) is 39.5 Å². The third-order valence-electron chi connectivity index (χ3n) is 5.69. The molecule has 1 saturated heterocycles. The maximum absolute atomic E-state index is 13.4. The van der Waals surface area contributed by atoms with Gasteiger partial charge in [-0.25, -0.2) is 9.78 Å². The summed E-state index contributed by atoms with van der Waals surface area (Å²) >= 11 is 0.943. The number of carbonyl (C=O) groups excluding carboxylic acids is 3. The molecule has 10 heteroatoms. The molecule has 186 valence electrons. The second kappa shape index (κ2) is 10.2. The molecule has 2 aromatic carbocycles. The van der Waals surface area contributed by atoms with Gasteiger partial charge in [0.1, 0.15) is 28.2 Å². The van der Waals surface area contributed by atoms with Crippen LogP contribution >= 0.6 is 11.3 Å². The quantitative estimate of drug-likeness (QED) is 0.218. The second-order valence-electron chi connectivity index (χ2n) is 7.77. The highest BCUT2D eigenvalue weighted by molar-refractivity contribution is 7.17. The SMILES string of the molecule is CCOC(=O)c1sc(N2C(=O)C(=O)C(=C(O)c3ccc(OC)cc3)[C@H]2c2ccccc2OC)nc1C. The summed E-state index contributed by atoms with van der Waals surface area (Å²) < 4.78 is 15.8. The molecule has 3 aromatic rings. The van der Waals surface area contributed by atoms with E-state index in [9.17, 15) is 19.5 Å². The van der Waals surface area contributed by atoms with Crippen molar-refractivity contribution >= 4 is 39.9 Å². The first kappa shape index (κ1) is 24.9. The van der Waals surface area contributed by atoms with Gasteiger partial charge in [0.25, 0.3) is 5.78 Å². The number of aromatic nitrogens is 1. The first-order valence-corrected chi connectivity index (χ1v) is 11.9. The molecular weight excluding hydrogens is 484 g/mol. The third-order valence-corrected chi connectivity index (χ3v) is 6.83. The van der Waals surface area contributed by atoms with Crippen LogP contribution in [0.2, 0.25) is 0 Å². The number of amides is 1. The van der Waals surface area contributed by atoms with Gasteiger partial charge in [0.05, 0.1) is 32.1 Å². The lowest BCUT2D eigenvalue weighted by atomic mass is 9.94. The standard InChI is InChI=1S/C26H24N2O7S/c1-5-35-25(32)23-14(2)27-26(36-23)28-20(17-8-6-7-9-18(17)34-4)19(22(30)24(28)31)21(29)15-10-12-16(33-3)13-11-15/h6-13,20,29H,5H2,1-4H3/t20-/m1/s1. The highest BCUT2D eigenvalue weighted by atomic mass is 32.1. The van der Waals surface area contributed by atoms with E-state index in [1.54, 1.807) is 62.4 Å². The number of benzene rings is 2. The molecule has 9 nitrogen and oxygen atoms in total. The molecule has 1 aliphatic heterocycles. The first-order valence-electron chi connectivity index (χ1n) is 11.0. The van der Waals surface area contributed by atoms with Crippen LogP contribution < -0.4 is 14.4 Å². The number of hydrogen-bond donors (Lipinski definition) is 1. The lowest BCUT2D eigenvalue weighted by molar-refractivity contribution is -0.132. The molecule has 1 aromatic heterocycles. The van der Waals surface area contributed by atoms with Gasteiger partial charge >= 0.3 is 11.9 Å². The summed E-state index contributed by atoms with van der Waals surface area (Å²) in [4.78, 5) is 44.9. The van der Waals surface area contributed by atoms with E-state index in [0.717, 1.165) is 11.3 Å². The van der Waals surface area contributed by atoms with Crippen LogP contribution in [0.4, 0.5) is 5.13 Å². The minimum atomic E-state index is -1.05. The molecule has 0 radical (unpaired) electrons. The number of thiazole rings is 1. The fourth-order valence-electron chi connectivity index (χ4n) is 3.99. The number of rotatable bonds is 7. The van der Waals surface area contributed by atoms with Crippen molar-refractivity contribution in [2.24, 2.45) is 0 Å². The van der Waals surface area contributed by atoms with E-state index >= 15 is 0 Å². The number of aliphatic hydroxyl groups excluding tert-OH is 1. The Hall–Kier alpha value is -4.18. The smallest absolute Gasteiger partial charge is 0.350 e. The van der Waals surface area contributed by atoms with Crippen LogP contribution in [0.5, 0.6) is 11.5 Å². The number of nitrogens with zero attached hydrogens (tertiary/aromatic N) is 2. The molecule has 2 heterocycles. The lowest BCUT2D eigenvalue weighted by Crippen LogP contribution is -2.29. The van der Waals surface area contributed by atoms with E-state index in [2.05, 4.69) is 4.98 Å². The Labute approximate surface area is 211 Å². The van der Waals surface area contributed by atoms with Crippen molar-refractivity contribution in [1.29, 1.82) is 0 Å². The Morgan fingerprint density at radius 1 is 1.08 bits per heavy atom. The topological polar surface area (TPSA) is 115 Å². The Bertz CT molecular complexity index is 1360. The molecule has 1 N–H and O–H groups in total. The molecule has 1 aliphatic rings. The summed E-state index contributed by atoms with van der Waals surface area (Å²) in [6, 6.07) is 12.3. The summed E-state index contributed by atoms with van der Waals surface area (Å²) in [5.74, 6) is -1.71. The molecule has 0 unspecified atom stereocenters. The largest absolute Gasteiger partial charge is 0.507 e. The van der Waals surface area contributed by atoms with E-state index in [-0.39, 0.29) is 27.9 Å². The van der Waals surface area contributed by atoms with E-state index < -0.39 is 23.7 Å². The van der Waals surface area contributed by atoms with Gasteiger partial charge in [-0.15, -0.1) is 0 Å². The van der Waals surface area contributed by atoms with Crippen molar-refractivity contribution in [2.45, 2.75) is 19.9 Å². The van der Waals surface area contributed by atoms with Gasteiger partial charge < -0.3 is 19.3 Å². The van der Waals surface area contributed by atoms with Crippen molar-refractivity contribution in [1.82, 2.24) is 4.98 Å². The van der Waals surface area contributed by atoms with Gasteiger partial charge in [-0.1, -0.05) is 29.5 Å². The number of Topliss-reactive ketones (excluding diaryl/α,β-unsaturated/α-hetero) is 1. The fraction of sp³-hybridized carbons (Fsp3) is 0.231. The monoisotopic (exact) mass is 508 g/mol. The molecular formula is C26H24N2O7S. The van der Waals surface area contributed by atoms with E-state index in [1.165, 1.54) is 19.1 Å². The first-order chi connectivity index (χ1) is 17.3. The van der Waals surface area contributed by atoms with Crippen molar-refractivity contribution in [3.63, 3.8) is 0 Å². The third kappa shape index (κ3) is 4.31. The average molecular weight is 509 g/mol. The highest BCUT2D eigenvalue weighted by Crippen LogP contribution is 2.46. The number of ether oxygens (including phenoxy) is 3. The number of esters is 1. The van der Waals surface area contributed by atoms with E-state index in [1.807, 2.05) is 0 Å². The number of hydrogen-bond acceptors (Lipinski definition) is 9. The minimum absolute atomic E-state index is 0.125. The summed E-state index contributed by atoms with van der Waals surface area (Å²) in [7, 11) is 2.99. The Kier molecular flexibility index (Phi) is 7.07. The van der Waals surface area contributed by atoms with Gasteiger partial charge in [0, 0.05) is 11.1 Å². The Morgan fingerprint density at radius 2 is 1.78 bits per heavy atom. The average Bonchev–Trinajstić information content (AvgIpc) is 3.40. The number of aliphatic hydroxyl groups is 1. The Balaban J connectivity index is 1.93. The molecule has 0 spiro atoms. The van der Waals surface area contributed by atoms with Crippen molar-refractivity contribution < 1.29 is 33.7 Å². The van der Waals surface area contributed by atoms with Gasteiger partial charge in [-0.05, 0) is 44.2 Å². The predicted molar refractivity (Wildman–Crippen MR) is 134 cm³/mol. The maximum atomic E-state index is 13.4. The number of methoxy groups -OCH3 is 2. The number of ketones is 1. The molecule has 1 fully saturated rings. The molecule has 0 saturated carbocycles. The summed E-state index contributed by atoms with van der Waals surface area (Å²) in [6.45, 7) is 3.49. The van der Waals surface area contributed by atoms with E-state index in [4.69, 9.17) is 14.2 Å². The predicted octanol–water partition coefficient (Wildman–Crippen LogP) is 4.27. The van der Waals surface area contributed by atoms with Crippen LogP contribution in [0.25, 0.3) is 5.76 Å². The highest BCUT2D eigenvalue weighted by Gasteiger charge is 2.49. The molecule has 0 bridgehead atoms. The zero-order valence-electron chi connectivity index (χ0n) is 20.1. The zero-order chi connectivity index (χ0) is 26.0. The maximum Gasteiger partial charge on any atom is 0.350 e. The second-order valence-corrected chi connectivity index (χ2v) is 8.75. The van der Waals surface area contributed by atoms with Gasteiger partial charge in [0.2, 0.25) is 0 Å². The Morgan fingerprint density at radius 3 is 2.42 bits per heavy atom. The van der Waals surface area contributed by atoms with Crippen LogP contribution in [0.3, 0.4) is 0 Å². The molecule has 4 rings (SSSR count). The van der Waals surface area contributed by atoms with Gasteiger partial charge in [-0.3, -0.25) is 14.5 Å². The summed E-state index contributed by atoms with van der Waals surface area (Å²) in [5.41, 5.74) is 1.04. The van der Waals surface area contributed by atoms with E-state index in [0.29, 0.717) is 28.3 Å².